The van der Waals surface area contributed by atoms with Gasteiger partial charge >= 0.3 is 0 Å². The number of aryl methyl sites for hydroxylation is 2. The standard InChI is InChI=1S/C17H19ClN2O3S/c1-11-8-15(24(19,22)23)10-16(12(11)2)20-17(21)7-6-13-4-3-5-14(18)9-13/h3-5,8-10H,6-7H2,1-2H3,(H,20,21)(H2,19,22,23). The number of hydrogen-bond donors (Lipinski definition) is 2. The monoisotopic (exact) mass is 366 g/mol. The summed E-state index contributed by atoms with van der Waals surface area (Å²) in [5, 5.41) is 8.55. The zero-order valence-electron chi connectivity index (χ0n) is 13.5. The fraction of sp³-hybridized carbons (Fsp3) is 0.235. The van der Waals surface area contributed by atoms with Gasteiger partial charge < -0.3 is 5.32 Å². The number of hydrogen-bond acceptors (Lipinski definition) is 3. The van der Waals surface area contributed by atoms with E-state index in [1.54, 1.807) is 13.0 Å². The van der Waals surface area contributed by atoms with Crippen molar-refractivity contribution in [3.63, 3.8) is 0 Å². The quantitative estimate of drug-likeness (QED) is 0.851. The van der Waals surface area contributed by atoms with Crippen molar-refractivity contribution in [1.29, 1.82) is 0 Å². The summed E-state index contributed by atoms with van der Waals surface area (Å²) in [5.74, 6) is -0.205. The molecule has 0 spiro atoms. The highest BCUT2D eigenvalue weighted by atomic mass is 35.5. The molecule has 0 fully saturated rings. The topological polar surface area (TPSA) is 89.3 Å². The molecule has 5 nitrogen and oxygen atoms in total. The Balaban J connectivity index is 2.12. The normalized spacial score (nSPS) is 11.3. The largest absolute Gasteiger partial charge is 0.326 e. The Bertz CT molecular complexity index is 879. The van der Waals surface area contributed by atoms with Crippen LogP contribution in [0.4, 0.5) is 5.69 Å². The average Bonchev–Trinajstić information content (AvgIpc) is 2.48. The number of halogens is 1. The van der Waals surface area contributed by atoms with Gasteiger partial charge in [-0.2, -0.15) is 0 Å². The van der Waals surface area contributed by atoms with Crippen LogP contribution in [0.15, 0.2) is 41.3 Å². The van der Waals surface area contributed by atoms with Crippen molar-refractivity contribution in [2.45, 2.75) is 31.6 Å². The van der Waals surface area contributed by atoms with E-state index in [-0.39, 0.29) is 17.2 Å². The summed E-state index contributed by atoms with van der Waals surface area (Å²) < 4.78 is 23.1. The Morgan fingerprint density at radius 3 is 2.54 bits per heavy atom. The van der Waals surface area contributed by atoms with Crippen LogP contribution in [0.2, 0.25) is 5.02 Å². The molecule has 0 unspecified atom stereocenters. The van der Waals surface area contributed by atoms with Crippen molar-refractivity contribution in [2.24, 2.45) is 5.14 Å². The Morgan fingerprint density at radius 2 is 1.92 bits per heavy atom. The van der Waals surface area contributed by atoms with Crippen molar-refractivity contribution in [3.05, 3.63) is 58.1 Å². The molecule has 0 saturated heterocycles. The molecule has 0 radical (unpaired) electrons. The van der Waals surface area contributed by atoms with E-state index in [0.717, 1.165) is 16.7 Å². The van der Waals surface area contributed by atoms with E-state index < -0.39 is 10.0 Å². The van der Waals surface area contributed by atoms with Gasteiger partial charge in [-0.25, -0.2) is 13.6 Å². The lowest BCUT2D eigenvalue weighted by Gasteiger charge is -2.13. The number of carbonyl (C=O) groups is 1. The molecule has 0 bridgehead atoms. The van der Waals surface area contributed by atoms with Gasteiger partial charge in [-0.1, -0.05) is 23.7 Å². The van der Waals surface area contributed by atoms with Crippen LogP contribution in [0.25, 0.3) is 0 Å². The lowest BCUT2D eigenvalue weighted by molar-refractivity contribution is -0.116. The summed E-state index contributed by atoms with van der Waals surface area (Å²) >= 11 is 5.92. The van der Waals surface area contributed by atoms with E-state index in [1.807, 2.05) is 25.1 Å². The fourth-order valence-corrected chi connectivity index (χ4v) is 3.12. The molecule has 7 heteroatoms. The highest BCUT2D eigenvalue weighted by Crippen LogP contribution is 2.24. The Kier molecular flexibility index (Phi) is 5.64. The molecular formula is C17H19ClN2O3S. The first kappa shape index (κ1) is 18.4. The molecule has 0 atom stereocenters. The minimum Gasteiger partial charge on any atom is -0.326 e. The van der Waals surface area contributed by atoms with Crippen LogP contribution in [0.3, 0.4) is 0 Å². The molecule has 0 heterocycles. The second-order valence-corrected chi connectivity index (χ2v) is 7.63. The van der Waals surface area contributed by atoms with Crippen molar-refractivity contribution in [2.75, 3.05) is 5.32 Å². The van der Waals surface area contributed by atoms with Crippen LogP contribution < -0.4 is 10.5 Å². The smallest absolute Gasteiger partial charge is 0.238 e. The minimum atomic E-state index is -3.83. The second kappa shape index (κ2) is 7.34. The fourth-order valence-electron chi connectivity index (χ4n) is 2.28. The maximum atomic E-state index is 12.2. The number of carbonyl (C=O) groups excluding carboxylic acids is 1. The van der Waals surface area contributed by atoms with Crippen LogP contribution in [0, 0.1) is 13.8 Å². The first-order chi connectivity index (χ1) is 11.2. The SMILES string of the molecule is Cc1cc(S(N)(=O)=O)cc(NC(=O)CCc2cccc(Cl)c2)c1C. The molecule has 24 heavy (non-hydrogen) atoms. The maximum Gasteiger partial charge on any atom is 0.238 e. The average molecular weight is 367 g/mol. The zero-order chi connectivity index (χ0) is 17.9. The molecule has 2 aromatic carbocycles. The van der Waals surface area contributed by atoms with E-state index in [9.17, 15) is 13.2 Å². The van der Waals surface area contributed by atoms with Crippen molar-refractivity contribution >= 4 is 33.2 Å². The van der Waals surface area contributed by atoms with E-state index in [2.05, 4.69) is 5.32 Å². The minimum absolute atomic E-state index is 0.0178. The molecule has 1 amide bonds. The summed E-state index contributed by atoms with van der Waals surface area (Å²) in [7, 11) is -3.83. The Labute approximate surface area is 146 Å². The third-order valence-electron chi connectivity index (χ3n) is 3.77. The second-order valence-electron chi connectivity index (χ2n) is 5.64. The van der Waals surface area contributed by atoms with Gasteiger partial charge in [0.2, 0.25) is 15.9 Å². The van der Waals surface area contributed by atoms with Crippen molar-refractivity contribution in [3.8, 4) is 0 Å². The number of anilines is 1. The van der Waals surface area contributed by atoms with Crippen molar-refractivity contribution < 1.29 is 13.2 Å². The molecule has 2 aromatic rings. The molecular weight excluding hydrogens is 348 g/mol. The predicted octanol–water partition coefficient (Wildman–Crippen LogP) is 3.18. The van der Waals surface area contributed by atoms with Crippen LogP contribution in [-0.4, -0.2) is 14.3 Å². The number of nitrogens with two attached hydrogens (primary N) is 1. The summed E-state index contributed by atoms with van der Waals surface area (Å²) in [4.78, 5) is 12.2. The zero-order valence-corrected chi connectivity index (χ0v) is 15.0. The third-order valence-corrected chi connectivity index (χ3v) is 4.90. The van der Waals surface area contributed by atoms with Crippen LogP contribution in [-0.2, 0) is 21.2 Å². The molecule has 2 rings (SSSR count). The number of primary sulfonamides is 1. The summed E-state index contributed by atoms with van der Waals surface area (Å²) in [6.45, 7) is 3.58. The highest BCUT2D eigenvalue weighted by molar-refractivity contribution is 7.89. The molecule has 3 N–H and O–H groups in total. The van der Waals surface area contributed by atoms with Gasteiger partial charge in [-0.15, -0.1) is 0 Å². The lowest BCUT2D eigenvalue weighted by Crippen LogP contribution is -2.16. The molecule has 0 aliphatic heterocycles. The Hall–Kier alpha value is -1.89. The molecule has 0 aliphatic rings. The lowest BCUT2D eigenvalue weighted by atomic mass is 10.1. The number of sulfonamides is 1. The van der Waals surface area contributed by atoms with Crippen LogP contribution in [0.5, 0.6) is 0 Å². The predicted molar refractivity (Wildman–Crippen MR) is 95.7 cm³/mol. The molecule has 0 aromatic heterocycles. The molecule has 0 aliphatic carbocycles. The van der Waals surface area contributed by atoms with Crippen LogP contribution in [0.1, 0.15) is 23.1 Å². The number of amides is 1. The van der Waals surface area contributed by atoms with Crippen LogP contribution >= 0.6 is 11.6 Å². The van der Waals surface area contributed by atoms with E-state index in [0.29, 0.717) is 17.1 Å². The van der Waals surface area contributed by atoms with Gasteiger partial charge in [0.25, 0.3) is 0 Å². The van der Waals surface area contributed by atoms with Gasteiger partial charge in [0.1, 0.15) is 0 Å². The third kappa shape index (κ3) is 4.80. The maximum absolute atomic E-state index is 12.2. The molecule has 0 saturated carbocycles. The summed E-state index contributed by atoms with van der Waals surface area (Å²) in [6, 6.07) is 10.2. The van der Waals surface area contributed by atoms with E-state index >= 15 is 0 Å². The number of rotatable bonds is 5. The van der Waals surface area contributed by atoms with Gasteiger partial charge in [0, 0.05) is 17.1 Å². The number of nitrogens with one attached hydrogen (secondary N) is 1. The number of benzene rings is 2. The summed E-state index contributed by atoms with van der Waals surface area (Å²) in [6.07, 6.45) is 0.803. The first-order valence-corrected chi connectivity index (χ1v) is 9.27. The van der Waals surface area contributed by atoms with E-state index in [4.69, 9.17) is 16.7 Å². The summed E-state index contributed by atoms with van der Waals surface area (Å²) in [5.41, 5.74) is 2.96. The van der Waals surface area contributed by atoms with Gasteiger partial charge in [-0.3, -0.25) is 4.79 Å². The molecule has 128 valence electrons. The first-order valence-electron chi connectivity index (χ1n) is 7.35. The van der Waals surface area contributed by atoms with Crippen molar-refractivity contribution in [1.82, 2.24) is 0 Å². The highest BCUT2D eigenvalue weighted by Gasteiger charge is 2.14. The van der Waals surface area contributed by atoms with Gasteiger partial charge in [0.15, 0.2) is 0 Å². The Morgan fingerprint density at radius 1 is 1.21 bits per heavy atom. The van der Waals surface area contributed by atoms with Gasteiger partial charge in [0.05, 0.1) is 4.90 Å². The van der Waals surface area contributed by atoms with E-state index in [1.165, 1.54) is 12.1 Å². The van der Waals surface area contributed by atoms with Gasteiger partial charge in [-0.05, 0) is 61.2 Å².